The van der Waals surface area contributed by atoms with Crippen molar-refractivity contribution in [3.05, 3.63) is 41.9 Å². The monoisotopic (exact) mass is 624 g/mol. The van der Waals surface area contributed by atoms with Crippen LogP contribution in [0.25, 0.3) is 22.2 Å². The van der Waals surface area contributed by atoms with Gasteiger partial charge in [-0.25, -0.2) is 19.6 Å². The zero-order valence-corrected chi connectivity index (χ0v) is 29.3. The van der Waals surface area contributed by atoms with E-state index in [2.05, 4.69) is 43.8 Å². The van der Waals surface area contributed by atoms with E-state index in [1.807, 2.05) is 31.2 Å². The Labute approximate surface area is 262 Å². The normalized spacial score (nSPS) is 12.7. The van der Waals surface area contributed by atoms with Gasteiger partial charge in [0.15, 0.2) is 20.4 Å². The standard InChI is InChI=1S/C33H48N4O6Si/c1-22-14-16-23(17-15-22)25-24(20-38)36(18-13-19-41-44(11,12)33(8,9)10)27-26(25)28(35-21-34-27)37(29(39)42-31(2,3)4)30(40)43-32(5,6)7/h14-17,20-21H,13,18-19H2,1-12H3. The number of aryl methyl sites for hydroxylation is 2. The third kappa shape index (κ3) is 8.12. The van der Waals surface area contributed by atoms with E-state index in [1.54, 1.807) is 46.1 Å². The zero-order valence-electron chi connectivity index (χ0n) is 28.3. The van der Waals surface area contributed by atoms with Crippen LogP contribution < -0.4 is 4.90 Å². The van der Waals surface area contributed by atoms with E-state index < -0.39 is 31.7 Å². The zero-order chi connectivity index (χ0) is 33.3. The van der Waals surface area contributed by atoms with Crippen molar-refractivity contribution < 1.29 is 28.3 Å². The van der Waals surface area contributed by atoms with Crippen molar-refractivity contribution in [3.63, 3.8) is 0 Å². The lowest BCUT2D eigenvalue weighted by Crippen LogP contribution is -2.44. The molecule has 44 heavy (non-hydrogen) atoms. The first kappa shape index (κ1) is 34.9. The van der Waals surface area contributed by atoms with E-state index in [0.717, 1.165) is 16.7 Å². The smallest absolute Gasteiger partial charge is 0.425 e. The molecule has 2 heterocycles. The van der Waals surface area contributed by atoms with Crippen molar-refractivity contribution in [1.82, 2.24) is 14.5 Å². The number of aldehydes is 1. The maximum atomic E-state index is 13.6. The lowest BCUT2D eigenvalue weighted by atomic mass is 10.0. The number of fused-ring (bicyclic) bond motifs is 1. The molecule has 0 aliphatic carbocycles. The van der Waals surface area contributed by atoms with Crippen LogP contribution in [0.5, 0.6) is 0 Å². The molecule has 0 unspecified atom stereocenters. The van der Waals surface area contributed by atoms with Crippen molar-refractivity contribution >= 4 is 43.6 Å². The molecule has 10 nitrogen and oxygen atoms in total. The fourth-order valence-corrected chi connectivity index (χ4v) is 5.42. The third-order valence-electron chi connectivity index (χ3n) is 7.47. The summed E-state index contributed by atoms with van der Waals surface area (Å²) in [7, 11) is -1.97. The van der Waals surface area contributed by atoms with Crippen LogP contribution >= 0.6 is 0 Å². The van der Waals surface area contributed by atoms with Crippen LogP contribution in [0.1, 0.15) is 84.8 Å². The number of ether oxygens (including phenoxy) is 2. The number of benzene rings is 1. The Balaban J connectivity index is 2.26. The quantitative estimate of drug-likeness (QED) is 0.140. The van der Waals surface area contributed by atoms with E-state index >= 15 is 0 Å². The minimum Gasteiger partial charge on any atom is -0.443 e. The van der Waals surface area contributed by atoms with Crippen LogP contribution in [-0.4, -0.2) is 59.1 Å². The Morgan fingerprint density at radius 3 is 1.93 bits per heavy atom. The molecule has 0 aliphatic heterocycles. The Morgan fingerprint density at radius 1 is 0.909 bits per heavy atom. The summed E-state index contributed by atoms with van der Waals surface area (Å²) in [6.45, 7) is 24.1. The number of carbonyl (C=O) groups excluding carboxylic acids is 3. The molecule has 11 heteroatoms. The average Bonchev–Trinajstić information content (AvgIpc) is 3.18. The van der Waals surface area contributed by atoms with Gasteiger partial charge in [0.1, 0.15) is 23.2 Å². The van der Waals surface area contributed by atoms with Crippen molar-refractivity contribution in [1.29, 1.82) is 0 Å². The maximum absolute atomic E-state index is 13.6. The fourth-order valence-electron chi connectivity index (χ4n) is 4.33. The topological polar surface area (TPSA) is 113 Å². The summed E-state index contributed by atoms with van der Waals surface area (Å²) in [4.78, 5) is 49.8. The Morgan fingerprint density at radius 2 is 1.45 bits per heavy atom. The second-order valence-corrected chi connectivity index (χ2v) is 19.4. The van der Waals surface area contributed by atoms with Gasteiger partial charge in [0, 0.05) is 18.7 Å². The van der Waals surface area contributed by atoms with Gasteiger partial charge in [0.05, 0.1) is 11.1 Å². The van der Waals surface area contributed by atoms with E-state index in [0.29, 0.717) is 47.4 Å². The summed E-state index contributed by atoms with van der Waals surface area (Å²) >= 11 is 0. The molecule has 1 aromatic carbocycles. The van der Waals surface area contributed by atoms with E-state index in [4.69, 9.17) is 13.9 Å². The lowest BCUT2D eigenvalue weighted by Gasteiger charge is -2.36. The molecule has 0 saturated heterocycles. The number of aromatic nitrogens is 3. The Hall–Kier alpha value is -3.57. The maximum Gasteiger partial charge on any atom is 0.425 e. The third-order valence-corrected chi connectivity index (χ3v) is 12.0. The molecular weight excluding hydrogens is 576 g/mol. The number of nitrogens with zero attached hydrogens (tertiary/aromatic N) is 4. The van der Waals surface area contributed by atoms with Crippen molar-refractivity contribution in [2.24, 2.45) is 0 Å². The number of carbonyl (C=O) groups is 3. The van der Waals surface area contributed by atoms with Gasteiger partial charge in [0.25, 0.3) is 0 Å². The molecule has 3 rings (SSSR count). The largest absolute Gasteiger partial charge is 0.443 e. The molecule has 2 amide bonds. The number of hydrogen-bond acceptors (Lipinski definition) is 8. The number of imide groups is 1. The first-order valence-corrected chi connectivity index (χ1v) is 17.9. The minimum atomic E-state index is -1.97. The highest BCUT2D eigenvalue weighted by Crippen LogP contribution is 2.40. The van der Waals surface area contributed by atoms with Crippen molar-refractivity contribution in [2.45, 2.75) is 112 Å². The van der Waals surface area contributed by atoms with Crippen molar-refractivity contribution in [2.75, 3.05) is 11.5 Å². The number of rotatable bonds is 8. The van der Waals surface area contributed by atoms with Gasteiger partial charge in [0.2, 0.25) is 0 Å². The molecular formula is C33H48N4O6Si. The number of anilines is 1. The predicted octanol–water partition coefficient (Wildman–Crippen LogP) is 8.31. The highest BCUT2D eigenvalue weighted by molar-refractivity contribution is 6.74. The molecule has 3 aromatic rings. The highest BCUT2D eigenvalue weighted by Gasteiger charge is 2.38. The molecule has 0 saturated carbocycles. The Kier molecular flexibility index (Phi) is 10.2. The van der Waals surface area contributed by atoms with E-state index in [-0.39, 0.29) is 10.9 Å². The van der Waals surface area contributed by atoms with Crippen LogP contribution in [0.2, 0.25) is 18.1 Å². The predicted molar refractivity (Wildman–Crippen MR) is 176 cm³/mol. The van der Waals surface area contributed by atoms with Crippen LogP contribution in [0, 0.1) is 6.92 Å². The van der Waals surface area contributed by atoms with Gasteiger partial charge in [-0.1, -0.05) is 50.6 Å². The summed E-state index contributed by atoms with van der Waals surface area (Å²) in [5, 5.41) is 0.426. The second-order valence-electron chi connectivity index (χ2n) is 14.6. The van der Waals surface area contributed by atoms with E-state index in [9.17, 15) is 14.4 Å². The van der Waals surface area contributed by atoms with Crippen molar-refractivity contribution in [3.8, 4) is 11.1 Å². The first-order chi connectivity index (χ1) is 20.2. The van der Waals surface area contributed by atoms with Gasteiger partial charge in [-0.3, -0.25) is 4.79 Å². The molecule has 0 atom stereocenters. The first-order valence-electron chi connectivity index (χ1n) is 15.0. The van der Waals surface area contributed by atoms with Gasteiger partial charge in [-0.15, -0.1) is 0 Å². The molecule has 0 bridgehead atoms. The van der Waals surface area contributed by atoms with Crippen LogP contribution in [0.3, 0.4) is 0 Å². The second kappa shape index (κ2) is 12.8. The molecule has 0 aliphatic rings. The van der Waals surface area contributed by atoms with Gasteiger partial charge in [-0.05, 0) is 78.6 Å². The minimum absolute atomic E-state index is 0.0338. The highest BCUT2D eigenvalue weighted by atomic mass is 28.4. The molecule has 0 N–H and O–H groups in total. The SMILES string of the molecule is Cc1ccc(-c2c(C=O)n(CCCO[Si](C)(C)C(C)(C)C)c3ncnc(N(C(=O)OC(C)(C)C)C(=O)OC(C)(C)C)c23)cc1. The van der Waals surface area contributed by atoms with Crippen LogP contribution in [0.4, 0.5) is 15.4 Å². The van der Waals surface area contributed by atoms with Gasteiger partial charge in [-0.2, -0.15) is 4.90 Å². The lowest BCUT2D eigenvalue weighted by molar-refractivity contribution is 0.0429. The summed E-state index contributed by atoms with van der Waals surface area (Å²) in [6, 6.07) is 7.65. The summed E-state index contributed by atoms with van der Waals surface area (Å²) in [6.07, 6.45) is 0.761. The number of hydrogen-bond donors (Lipinski definition) is 0. The summed E-state index contributed by atoms with van der Waals surface area (Å²) in [5.41, 5.74) is 1.19. The Bertz CT molecular complexity index is 1480. The summed E-state index contributed by atoms with van der Waals surface area (Å²) < 4.78 is 19.5. The number of amides is 2. The fraction of sp³-hybridized carbons (Fsp3) is 0.545. The van der Waals surface area contributed by atoms with Crippen LogP contribution in [0.15, 0.2) is 30.6 Å². The molecule has 0 radical (unpaired) electrons. The molecule has 0 spiro atoms. The summed E-state index contributed by atoms with van der Waals surface area (Å²) in [5.74, 6) is -0.0338. The van der Waals surface area contributed by atoms with Gasteiger partial charge < -0.3 is 18.5 Å². The van der Waals surface area contributed by atoms with Gasteiger partial charge >= 0.3 is 12.2 Å². The molecule has 240 valence electrons. The van der Waals surface area contributed by atoms with Crippen LogP contribution in [-0.2, 0) is 20.4 Å². The van der Waals surface area contributed by atoms with E-state index in [1.165, 1.54) is 6.33 Å². The average molecular weight is 625 g/mol. The molecule has 2 aromatic heterocycles. The molecule has 0 fully saturated rings.